The van der Waals surface area contributed by atoms with Gasteiger partial charge in [0.1, 0.15) is 6.10 Å². The maximum atomic E-state index is 11.2. The summed E-state index contributed by atoms with van der Waals surface area (Å²) >= 11 is 0. The first-order valence-corrected chi connectivity index (χ1v) is 4.27. The number of epoxide rings is 1. The molecule has 11 heavy (non-hydrogen) atoms. The second kappa shape index (κ2) is 2.07. The first-order valence-electron chi connectivity index (χ1n) is 4.27. The van der Waals surface area contributed by atoms with E-state index in [9.17, 15) is 4.79 Å². The number of fused-ring (bicyclic) bond motifs is 1. The van der Waals surface area contributed by atoms with Crippen molar-refractivity contribution in [2.75, 3.05) is 0 Å². The molecule has 0 radical (unpaired) electrons. The van der Waals surface area contributed by atoms with Crippen LogP contribution in [0.1, 0.15) is 33.1 Å². The lowest BCUT2D eigenvalue weighted by Gasteiger charge is -2.21. The Morgan fingerprint density at radius 2 is 2.27 bits per heavy atom. The van der Waals surface area contributed by atoms with Gasteiger partial charge in [0.15, 0.2) is 5.78 Å². The van der Waals surface area contributed by atoms with Gasteiger partial charge < -0.3 is 4.74 Å². The average Bonchev–Trinajstić information content (AvgIpc) is 2.60. The molecule has 1 aliphatic heterocycles. The molecule has 2 atom stereocenters. The third kappa shape index (κ3) is 1.32. The number of Topliss-reactive ketones (excluding diaryl/α,β-unsaturated/α-hetero) is 1. The highest BCUT2D eigenvalue weighted by Crippen LogP contribution is 2.41. The van der Waals surface area contributed by atoms with Gasteiger partial charge in [-0.3, -0.25) is 4.79 Å². The Morgan fingerprint density at radius 1 is 1.55 bits per heavy atom. The molecular weight excluding hydrogens is 140 g/mol. The molecule has 1 saturated carbocycles. The van der Waals surface area contributed by atoms with Crippen molar-refractivity contribution in [1.82, 2.24) is 0 Å². The molecule has 0 aromatic heterocycles. The second-order valence-electron chi connectivity index (χ2n) is 4.43. The van der Waals surface area contributed by atoms with Crippen LogP contribution >= 0.6 is 0 Å². The molecule has 1 aliphatic carbocycles. The number of rotatable bonds is 0. The lowest BCUT2D eigenvalue weighted by molar-refractivity contribution is -0.120. The van der Waals surface area contributed by atoms with Crippen molar-refractivity contribution in [1.29, 1.82) is 0 Å². The number of carbonyl (C=O) groups is 1. The summed E-state index contributed by atoms with van der Waals surface area (Å²) in [5.74, 6) is 0.320. The monoisotopic (exact) mass is 154 g/mol. The fraction of sp³-hybridized carbons (Fsp3) is 0.889. The zero-order valence-electron chi connectivity index (χ0n) is 7.09. The van der Waals surface area contributed by atoms with Crippen LogP contribution in [-0.2, 0) is 9.53 Å². The van der Waals surface area contributed by atoms with Crippen LogP contribution in [0.2, 0.25) is 0 Å². The first kappa shape index (κ1) is 7.29. The van der Waals surface area contributed by atoms with Gasteiger partial charge in [-0.05, 0) is 18.3 Å². The number of hydrogen-bond donors (Lipinski definition) is 0. The zero-order valence-corrected chi connectivity index (χ0v) is 7.09. The van der Waals surface area contributed by atoms with Crippen LogP contribution in [0.3, 0.4) is 0 Å². The highest BCUT2D eigenvalue weighted by molar-refractivity contribution is 5.86. The molecule has 2 heteroatoms. The van der Waals surface area contributed by atoms with Crippen molar-refractivity contribution < 1.29 is 9.53 Å². The molecule has 0 amide bonds. The van der Waals surface area contributed by atoms with E-state index in [0.29, 0.717) is 17.6 Å². The second-order valence-corrected chi connectivity index (χ2v) is 4.43. The van der Waals surface area contributed by atoms with Gasteiger partial charge in [0, 0.05) is 6.42 Å². The van der Waals surface area contributed by atoms with Gasteiger partial charge >= 0.3 is 0 Å². The highest BCUT2D eigenvalue weighted by Gasteiger charge is 2.49. The molecule has 0 aromatic carbocycles. The van der Waals surface area contributed by atoms with Gasteiger partial charge in [0.05, 0.1) is 6.10 Å². The molecule has 0 spiro atoms. The minimum Gasteiger partial charge on any atom is -0.361 e. The van der Waals surface area contributed by atoms with E-state index in [1.807, 2.05) is 0 Å². The summed E-state index contributed by atoms with van der Waals surface area (Å²) in [6.45, 7) is 4.43. The van der Waals surface area contributed by atoms with Gasteiger partial charge in [-0.25, -0.2) is 0 Å². The van der Waals surface area contributed by atoms with Crippen LogP contribution in [0.25, 0.3) is 0 Å². The Bertz CT molecular complexity index is 196. The average molecular weight is 154 g/mol. The molecule has 0 N–H and O–H groups in total. The van der Waals surface area contributed by atoms with Crippen molar-refractivity contribution in [3.05, 3.63) is 0 Å². The van der Waals surface area contributed by atoms with Crippen LogP contribution in [0.4, 0.5) is 0 Å². The fourth-order valence-electron chi connectivity index (χ4n) is 1.83. The molecule has 0 bridgehead atoms. The topological polar surface area (TPSA) is 29.6 Å². The smallest absolute Gasteiger partial charge is 0.164 e. The normalized spacial score (nSPS) is 41.1. The lowest BCUT2D eigenvalue weighted by atomic mass is 9.85. The van der Waals surface area contributed by atoms with Crippen molar-refractivity contribution in [3.63, 3.8) is 0 Å². The summed E-state index contributed by atoms with van der Waals surface area (Å²) in [7, 11) is 0. The summed E-state index contributed by atoms with van der Waals surface area (Å²) in [4.78, 5) is 11.2. The molecular formula is C9H14O2. The van der Waals surface area contributed by atoms with Crippen molar-refractivity contribution in [2.24, 2.45) is 5.41 Å². The van der Waals surface area contributed by atoms with Crippen molar-refractivity contribution >= 4 is 5.78 Å². The number of ketones is 1. The van der Waals surface area contributed by atoms with Gasteiger partial charge in [-0.2, -0.15) is 0 Å². The van der Waals surface area contributed by atoms with Crippen LogP contribution in [0.15, 0.2) is 0 Å². The summed E-state index contributed by atoms with van der Waals surface area (Å²) < 4.78 is 5.26. The maximum absolute atomic E-state index is 11.2. The summed E-state index contributed by atoms with van der Waals surface area (Å²) in [5.41, 5.74) is 0.311. The Kier molecular flexibility index (Phi) is 1.37. The van der Waals surface area contributed by atoms with Crippen LogP contribution < -0.4 is 0 Å². The van der Waals surface area contributed by atoms with E-state index < -0.39 is 0 Å². The summed E-state index contributed by atoms with van der Waals surface area (Å²) in [5, 5.41) is 0. The SMILES string of the molecule is CC1(C)CCC(=O)[C@@H]2O[C@@H]2C1. The number of carbonyl (C=O) groups excluding carboxylic acids is 1. The minimum absolute atomic E-state index is 0.0169. The largest absolute Gasteiger partial charge is 0.361 e. The van der Waals surface area contributed by atoms with Gasteiger partial charge in [-0.15, -0.1) is 0 Å². The molecule has 1 heterocycles. The highest BCUT2D eigenvalue weighted by atomic mass is 16.6. The van der Waals surface area contributed by atoms with E-state index in [2.05, 4.69) is 13.8 Å². The lowest BCUT2D eigenvalue weighted by Crippen LogP contribution is -2.12. The molecule has 2 nitrogen and oxygen atoms in total. The standard InChI is InChI=1S/C9H14O2/c1-9(2)4-3-6(10)8-7(5-9)11-8/h7-8H,3-5H2,1-2H3/t7-,8+/m1/s1. The quantitative estimate of drug-likeness (QED) is 0.495. The summed E-state index contributed by atoms with van der Waals surface area (Å²) in [6, 6.07) is 0. The van der Waals surface area contributed by atoms with Gasteiger partial charge in [0.2, 0.25) is 0 Å². The molecule has 0 aromatic rings. The molecule has 0 unspecified atom stereocenters. The molecule has 2 fully saturated rings. The number of hydrogen-bond acceptors (Lipinski definition) is 2. The van der Waals surface area contributed by atoms with E-state index in [0.717, 1.165) is 12.8 Å². The van der Waals surface area contributed by atoms with Crippen molar-refractivity contribution in [2.45, 2.75) is 45.3 Å². The first-order chi connectivity index (χ1) is 5.08. The van der Waals surface area contributed by atoms with E-state index in [4.69, 9.17) is 4.74 Å². The Hall–Kier alpha value is -0.370. The Balaban J connectivity index is 2.10. The van der Waals surface area contributed by atoms with Crippen LogP contribution in [0.5, 0.6) is 0 Å². The Morgan fingerprint density at radius 3 is 3.00 bits per heavy atom. The molecule has 62 valence electrons. The minimum atomic E-state index is -0.0169. The van der Waals surface area contributed by atoms with E-state index in [-0.39, 0.29) is 12.2 Å². The maximum Gasteiger partial charge on any atom is 0.164 e. The van der Waals surface area contributed by atoms with Gasteiger partial charge in [-0.1, -0.05) is 13.8 Å². The molecule has 1 saturated heterocycles. The van der Waals surface area contributed by atoms with E-state index in [1.54, 1.807) is 0 Å². The third-order valence-corrected chi connectivity index (χ3v) is 2.70. The van der Waals surface area contributed by atoms with Crippen LogP contribution in [-0.4, -0.2) is 18.0 Å². The predicted octanol–water partition coefficient (Wildman–Crippen LogP) is 1.53. The van der Waals surface area contributed by atoms with E-state index >= 15 is 0 Å². The fourth-order valence-corrected chi connectivity index (χ4v) is 1.83. The molecule has 2 rings (SSSR count). The molecule has 2 aliphatic rings. The number of ether oxygens (including phenoxy) is 1. The summed E-state index contributed by atoms with van der Waals surface area (Å²) in [6.07, 6.45) is 3.05. The van der Waals surface area contributed by atoms with E-state index in [1.165, 1.54) is 0 Å². The third-order valence-electron chi connectivity index (χ3n) is 2.70. The van der Waals surface area contributed by atoms with Crippen molar-refractivity contribution in [3.8, 4) is 0 Å². The van der Waals surface area contributed by atoms with Crippen LogP contribution in [0, 0.1) is 5.41 Å². The zero-order chi connectivity index (χ0) is 8.06. The Labute approximate surface area is 66.9 Å². The van der Waals surface area contributed by atoms with Gasteiger partial charge in [0.25, 0.3) is 0 Å². The predicted molar refractivity (Wildman–Crippen MR) is 41.3 cm³/mol.